The fraction of sp³-hybridized carbons (Fsp3) is 0.333. The van der Waals surface area contributed by atoms with E-state index in [1.165, 1.54) is 16.5 Å². The maximum atomic E-state index is 4.91. The summed E-state index contributed by atoms with van der Waals surface area (Å²) in [5, 5.41) is 2.50. The number of hydrogen-bond acceptors (Lipinski definition) is 5. The maximum Gasteiger partial charge on any atom is 0.136 e. The zero-order chi connectivity index (χ0) is 18.1. The molecule has 1 saturated heterocycles. The third-order valence-corrected chi connectivity index (χ3v) is 5.03. The van der Waals surface area contributed by atoms with Gasteiger partial charge >= 0.3 is 0 Å². The first kappa shape index (κ1) is 16.6. The summed E-state index contributed by atoms with van der Waals surface area (Å²) in [7, 11) is 4.11. The van der Waals surface area contributed by atoms with Crippen molar-refractivity contribution in [3.63, 3.8) is 0 Å². The molecule has 0 aliphatic carbocycles. The molecule has 1 aliphatic rings. The van der Waals surface area contributed by atoms with E-state index in [4.69, 9.17) is 4.98 Å². The highest BCUT2D eigenvalue weighted by Crippen LogP contribution is 2.35. The minimum atomic E-state index is 0.972. The number of fused-ring (bicyclic) bond motifs is 1. The van der Waals surface area contributed by atoms with Crippen molar-refractivity contribution in [1.82, 2.24) is 9.97 Å². The van der Waals surface area contributed by atoms with E-state index in [-0.39, 0.29) is 0 Å². The van der Waals surface area contributed by atoms with Crippen LogP contribution in [0.5, 0.6) is 0 Å². The van der Waals surface area contributed by atoms with Gasteiger partial charge in [0, 0.05) is 57.2 Å². The van der Waals surface area contributed by atoms with Gasteiger partial charge in [-0.15, -0.1) is 0 Å². The van der Waals surface area contributed by atoms with Gasteiger partial charge in [-0.1, -0.05) is 30.3 Å². The Bertz CT molecular complexity index is 899. The molecule has 2 aromatic heterocycles. The van der Waals surface area contributed by atoms with E-state index in [1.54, 1.807) is 0 Å². The second-order valence-corrected chi connectivity index (χ2v) is 6.97. The summed E-state index contributed by atoms with van der Waals surface area (Å²) in [5.74, 6) is 2.10. The van der Waals surface area contributed by atoms with Crippen LogP contribution < -0.4 is 14.7 Å². The molecule has 0 unspecified atom stereocenters. The summed E-state index contributed by atoms with van der Waals surface area (Å²) < 4.78 is 0. The van der Waals surface area contributed by atoms with E-state index in [1.807, 2.05) is 12.3 Å². The molecule has 0 bridgehead atoms. The number of rotatable bonds is 3. The third kappa shape index (κ3) is 2.94. The van der Waals surface area contributed by atoms with E-state index >= 15 is 0 Å². The molecule has 4 rings (SSSR count). The highest BCUT2D eigenvalue weighted by molar-refractivity contribution is 6.01. The van der Waals surface area contributed by atoms with E-state index in [9.17, 15) is 0 Å². The number of anilines is 3. The molecule has 5 heteroatoms. The molecule has 0 radical (unpaired) electrons. The minimum absolute atomic E-state index is 0.972. The van der Waals surface area contributed by atoms with Crippen molar-refractivity contribution in [2.75, 3.05) is 55.0 Å². The highest BCUT2D eigenvalue weighted by Gasteiger charge is 2.22. The van der Waals surface area contributed by atoms with Gasteiger partial charge in [-0.05, 0) is 19.1 Å². The first-order chi connectivity index (χ1) is 12.6. The van der Waals surface area contributed by atoms with E-state index in [0.717, 1.165) is 43.5 Å². The topological polar surface area (TPSA) is 35.5 Å². The zero-order valence-electron chi connectivity index (χ0n) is 15.7. The van der Waals surface area contributed by atoms with Crippen LogP contribution in [0.3, 0.4) is 0 Å². The van der Waals surface area contributed by atoms with Crippen molar-refractivity contribution in [2.45, 2.75) is 6.92 Å². The van der Waals surface area contributed by atoms with Gasteiger partial charge in [0.05, 0.1) is 11.4 Å². The van der Waals surface area contributed by atoms with Gasteiger partial charge in [-0.25, -0.2) is 9.97 Å². The Labute approximate surface area is 154 Å². The lowest BCUT2D eigenvalue weighted by molar-refractivity contribution is 0.647. The van der Waals surface area contributed by atoms with Crippen molar-refractivity contribution >= 4 is 28.1 Å². The number of piperazine rings is 1. The Morgan fingerprint density at radius 1 is 0.846 bits per heavy atom. The lowest BCUT2D eigenvalue weighted by Gasteiger charge is -2.38. The third-order valence-electron chi connectivity index (χ3n) is 5.03. The largest absolute Gasteiger partial charge is 0.366 e. The van der Waals surface area contributed by atoms with E-state index in [0.29, 0.717) is 0 Å². The van der Waals surface area contributed by atoms with Crippen LogP contribution in [0, 0.1) is 6.92 Å². The summed E-state index contributed by atoms with van der Waals surface area (Å²) >= 11 is 0. The molecule has 3 heterocycles. The van der Waals surface area contributed by atoms with Crippen LogP contribution in [0.15, 0.2) is 48.7 Å². The number of aryl methyl sites for hydroxylation is 1. The summed E-state index contributed by atoms with van der Waals surface area (Å²) in [5.41, 5.74) is 2.37. The monoisotopic (exact) mass is 347 g/mol. The molecular formula is C21H25N5. The molecule has 0 saturated carbocycles. The standard InChI is InChI=1S/C21H25N5/c1-16-20(17-8-4-5-9-18(17)21(23-16)24(2)3)26-14-12-25(13-15-26)19-10-6-7-11-22-19/h4-11H,12-15H2,1-3H3. The van der Waals surface area contributed by atoms with Crippen LogP contribution in [-0.2, 0) is 0 Å². The average Bonchev–Trinajstić information content (AvgIpc) is 2.68. The summed E-state index contributed by atoms with van der Waals surface area (Å²) in [6.45, 7) is 6.02. The van der Waals surface area contributed by atoms with Gasteiger partial charge in [0.15, 0.2) is 0 Å². The van der Waals surface area contributed by atoms with Crippen LogP contribution in [0.25, 0.3) is 10.8 Å². The van der Waals surface area contributed by atoms with Gasteiger partial charge in [-0.3, -0.25) is 0 Å². The molecule has 1 aliphatic heterocycles. The summed E-state index contributed by atoms with van der Waals surface area (Å²) in [4.78, 5) is 16.3. The van der Waals surface area contributed by atoms with Crippen molar-refractivity contribution in [2.24, 2.45) is 0 Å². The number of aromatic nitrogens is 2. The number of benzene rings is 1. The second-order valence-electron chi connectivity index (χ2n) is 6.97. The van der Waals surface area contributed by atoms with Gasteiger partial charge in [0.2, 0.25) is 0 Å². The number of nitrogens with zero attached hydrogens (tertiary/aromatic N) is 5. The smallest absolute Gasteiger partial charge is 0.136 e. The van der Waals surface area contributed by atoms with Gasteiger partial charge in [0.25, 0.3) is 0 Å². The lowest BCUT2D eigenvalue weighted by atomic mass is 10.1. The molecular weight excluding hydrogens is 322 g/mol. The summed E-state index contributed by atoms with van der Waals surface area (Å²) in [6.07, 6.45) is 1.86. The molecule has 0 N–H and O–H groups in total. The van der Waals surface area contributed by atoms with Crippen molar-refractivity contribution < 1.29 is 0 Å². The van der Waals surface area contributed by atoms with Crippen LogP contribution in [0.4, 0.5) is 17.3 Å². The van der Waals surface area contributed by atoms with Crippen molar-refractivity contribution in [3.05, 3.63) is 54.4 Å². The van der Waals surface area contributed by atoms with Gasteiger partial charge in [-0.2, -0.15) is 0 Å². The number of pyridine rings is 2. The molecule has 5 nitrogen and oxygen atoms in total. The second kappa shape index (κ2) is 6.83. The average molecular weight is 347 g/mol. The minimum Gasteiger partial charge on any atom is -0.366 e. The molecule has 0 amide bonds. The Morgan fingerprint density at radius 3 is 2.15 bits per heavy atom. The maximum absolute atomic E-state index is 4.91. The SMILES string of the molecule is Cc1nc(N(C)C)c2ccccc2c1N1CCN(c2ccccn2)CC1. The van der Waals surface area contributed by atoms with Crippen molar-refractivity contribution in [1.29, 1.82) is 0 Å². The molecule has 1 fully saturated rings. The van der Waals surface area contributed by atoms with Crippen LogP contribution in [0.2, 0.25) is 0 Å². The molecule has 3 aromatic rings. The Balaban J connectivity index is 1.66. The quantitative estimate of drug-likeness (QED) is 0.726. The molecule has 1 aromatic carbocycles. The first-order valence-electron chi connectivity index (χ1n) is 9.13. The Hall–Kier alpha value is -2.82. The normalized spacial score (nSPS) is 14.7. The number of hydrogen-bond donors (Lipinski definition) is 0. The van der Waals surface area contributed by atoms with Crippen molar-refractivity contribution in [3.8, 4) is 0 Å². The highest BCUT2D eigenvalue weighted by atomic mass is 15.3. The predicted molar refractivity (Wildman–Crippen MR) is 109 cm³/mol. The Morgan fingerprint density at radius 2 is 1.50 bits per heavy atom. The molecule has 26 heavy (non-hydrogen) atoms. The van der Waals surface area contributed by atoms with Gasteiger partial charge < -0.3 is 14.7 Å². The van der Waals surface area contributed by atoms with E-state index in [2.05, 4.69) is 77.1 Å². The van der Waals surface area contributed by atoms with Crippen LogP contribution in [-0.4, -0.2) is 50.2 Å². The predicted octanol–water partition coefficient (Wildman–Crippen LogP) is 3.33. The zero-order valence-corrected chi connectivity index (χ0v) is 15.7. The van der Waals surface area contributed by atoms with Crippen LogP contribution in [0.1, 0.15) is 5.69 Å². The molecule has 0 atom stereocenters. The Kier molecular flexibility index (Phi) is 4.37. The molecule has 134 valence electrons. The van der Waals surface area contributed by atoms with Gasteiger partial charge in [0.1, 0.15) is 11.6 Å². The fourth-order valence-corrected chi connectivity index (χ4v) is 3.79. The first-order valence-corrected chi connectivity index (χ1v) is 9.13. The molecule has 0 spiro atoms. The van der Waals surface area contributed by atoms with Crippen LogP contribution >= 0.6 is 0 Å². The van der Waals surface area contributed by atoms with E-state index < -0.39 is 0 Å². The fourth-order valence-electron chi connectivity index (χ4n) is 3.79. The lowest BCUT2D eigenvalue weighted by Crippen LogP contribution is -2.47. The summed E-state index contributed by atoms with van der Waals surface area (Å²) in [6, 6.07) is 14.7.